The molecule has 0 aliphatic heterocycles. The SMILES string of the molecule is Cc1ccc(C(C)N(C)C(=O)c2cc(Br)cn2C)s1. The van der Waals surface area contributed by atoms with Crippen molar-refractivity contribution in [2.45, 2.75) is 19.9 Å². The summed E-state index contributed by atoms with van der Waals surface area (Å²) < 4.78 is 2.77. The van der Waals surface area contributed by atoms with Gasteiger partial charge in [0, 0.05) is 34.5 Å². The van der Waals surface area contributed by atoms with Crippen LogP contribution in [0.1, 0.15) is 33.2 Å². The average Bonchev–Trinajstić information content (AvgIpc) is 2.92. The molecule has 102 valence electrons. The van der Waals surface area contributed by atoms with Crippen molar-refractivity contribution in [3.05, 3.63) is 44.3 Å². The lowest BCUT2D eigenvalue weighted by Crippen LogP contribution is -2.30. The molecule has 2 heterocycles. The van der Waals surface area contributed by atoms with Gasteiger partial charge in [-0.2, -0.15) is 0 Å². The third-order valence-electron chi connectivity index (χ3n) is 3.26. The van der Waals surface area contributed by atoms with Gasteiger partial charge in [-0.05, 0) is 48.0 Å². The maximum absolute atomic E-state index is 12.5. The second kappa shape index (κ2) is 5.51. The minimum absolute atomic E-state index is 0.0340. The largest absolute Gasteiger partial charge is 0.345 e. The Morgan fingerprint density at radius 3 is 2.63 bits per heavy atom. The molecule has 0 N–H and O–H groups in total. The van der Waals surface area contributed by atoms with Crippen LogP contribution in [0.4, 0.5) is 0 Å². The summed E-state index contributed by atoms with van der Waals surface area (Å²) in [6.07, 6.45) is 1.89. The highest BCUT2D eigenvalue weighted by atomic mass is 79.9. The van der Waals surface area contributed by atoms with Crippen molar-refractivity contribution in [1.29, 1.82) is 0 Å². The molecule has 0 saturated heterocycles. The van der Waals surface area contributed by atoms with Crippen LogP contribution in [0.2, 0.25) is 0 Å². The van der Waals surface area contributed by atoms with Gasteiger partial charge >= 0.3 is 0 Å². The molecule has 19 heavy (non-hydrogen) atoms. The van der Waals surface area contributed by atoms with Crippen molar-refractivity contribution in [3.8, 4) is 0 Å². The molecule has 0 bridgehead atoms. The van der Waals surface area contributed by atoms with Gasteiger partial charge in [-0.25, -0.2) is 0 Å². The maximum Gasteiger partial charge on any atom is 0.270 e. The summed E-state index contributed by atoms with van der Waals surface area (Å²) in [7, 11) is 3.73. The first kappa shape index (κ1) is 14.3. The number of rotatable bonds is 3. The zero-order valence-electron chi connectivity index (χ0n) is 11.5. The Hall–Kier alpha value is -1.07. The lowest BCUT2D eigenvalue weighted by atomic mass is 10.2. The number of carbonyl (C=O) groups excluding carboxylic acids is 1. The molecule has 0 radical (unpaired) electrons. The number of thiophene rings is 1. The highest BCUT2D eigenvalue weighted by Crippen LogP contribution is 2.27. The van der Waals surface area contributed by atoms with Crippen LogP contribution >= 0.6 is 27.3 Å². The summed E-state index contributed by atoms with van der Waals surface area (Å²) in [4.78, 5) is 16.8. The monoisotopic (exact) mass is 340 g/mol. The van der Waals surface area contributed by atoms with Crippen LogP contribution in [0.3, 0.4) is 0 Å². The van der Waals surface area contributed by atoms with Crippen molar-refractivity contribution in [2.24, 2.45) is 7.05 Å². The van der Waals surface area contributed by atoms with E-state index in [-0.39, 0.29) is 11.9 Å². The zero-order valence-corrected chi connectivity index (χ0v) is 13.9. The molecule has 0 aliphatic carbocycles. The van der Waals surface area contributed by atoms with Crippen molar-refractivity contribution >= 4 is 33.2 Å². The van der Waals surface area contributed by atoms with E-state index in [0.29, 0.717) is 5.69 Å². The number of hydrogen-bond donors (Lipinski definition) is 0. The summed E-state index contributed by atoms with van der Waals surface area (Å²) in [5.41, 5.74) is 0.689. The molecule has 2 aromatic heterocycles. The highest BCUT2D eigenvalue weighted by molar-refractivity contribution is 9.10. The van der Waals surface area contributed by atoms with Crippen LogP contribution in [-0.4, -0.2) is 22.4 Å². The Labute approximate surface area is 126 Å². The van der Waals surface area contributed by atoms with E-state index in [1.165, 1.54) is 9.75 Å². The van der Waals surface area contributed by atoms with Crippen LogP contribution in [0, 0.1) is 6.92 Å². The predicted octanol–water partition coefficient (Wildman–Crippen LogP) is 3.99. The third kappa shape index (κ3) is 2.92. The number of carbonyl (C=O) groups is 1. The molecule has 1 amide bonds. The van der Waals surface area contributed by atoms with Crippen molar-refractivity contribution < 1.29 is 4.79 Å². The minimum Gasteiger partial charge on any atom is -0.345 e. The molecule has 0 spiro atoms. The van der Waals surface area contributed by atoms with E-state index in [2.05, 4.69) is 41.9 Å². The summed E-state index contributed by atoms with van der Waals surface area (Å²) >= 11 is 5.13. The first-order valence-electron chi connectivity index (χ1n) is 6.05. The number of hydrogen-bond acceptors (Lipinski definition) is 2. The van der Waals surface area contributed by atoms with E-state index in [4.69, 9.17) is 0 Å². The Morgan fingerprint density at radius 2 is 2.16 bits per heavy atom. The Morgan fingerprint density at radius 1 is 1.47 bits per heavy atom. The minimum atomic E-state index is 0.0340. The van der Waals surface area contributed by atoms with Gasteiger partial charge in [0.25, 0.3) is 5.91 Å². The molecule has 0 saturated carbocycles. The van der Waals surface area contributed by atoms with Gasteiger partial charge in [0.1, 0.15) is 5.69 Å². The van der Waals surface area contributed by atoms with Gasteiger partial charge in [0.2, 0.25) is 0 Å². The van der Waals surface area contributed by atoms with Crippen molar-refractivity contribution in [3.63, 3.8) is 0 Å². The average molecular weight is 341 g/mol. The van der Waals surface area contributed by atoms with Crippen molar-refractivity contribution in [1.82, 2.24) is 9.47 Å². The van der Waals surface area contributed by atoms with Crippen LogP contribution in [-0.2, 0) is 7.05 Å². The molecule has 2 rings (SSSR count). The Kier molecular flexibility index (Phi) is 4.16. The fourth-order valence-electron chi connectivity index (χ4n) is 1.96. The van der Waals surface area contributed by atoms with Crippen LogP contribution in [0.15, 0.2) is 28.9 Å². The van der Waals surface area contributed by atoms with Crippen molar-refractivity contribution in [2.75, 3.05) is 7.05 Å². The van der Waals surface area contributed by atoms with Gasteiger partial charge in [-0.15, -0.1) is 11.3 Å². The fourth-order valence-corrected chi connectivity index (χ4v) is 3.46. The van der Waals surface area contributed by atoms with Gasteiger partial charge in [-0.3, -0.25) is 4.79 Å². The quantitative estimate of drug-likeness (QED) is 0.829. The van der Waals surface area contributed by atoms with Crippen LogP contribution in [0.25, 0.3) is 0 Å². The molecule has 2 aromatic rings. The second-order valence-electron chi connectivity index (χ2n) is 4.69. The first-order chi connectivity index (χ1) is 8.90. The summed E-state index contributed by atoms with van der Waals surface area (Å²) in [5, 5.41) is 0. The zero-order chi connectivity index (χ0) is 14.2. The number of halogens is 1. The van der Waals surface area contributed by atoms with Gasteiger partial charge in [-0.1, -0.05) is 0 Å². The molecule has 1 atom stereocenters. The smallest absolute Gasteiger partial charge is 0.270 e. The molecule has 5 heteroatoms. The Balaban J connectivity index is 2.21. The first-order valence-corrected chi connectivity index (χ1v) is 7.66. The molecule has 3 nitrogen and oxygen atoms in total. The van der Waals surface area contributed by atoms with Gasteiger partial charge in [0.05, 0.1) is 6.04 Å². The van der Waals surface area contributed by atoms with Gasteiger partial charge in [0.15, 0.2) is 0 Å². The lowest BCUT2D eigenvalue weighted by Gasteiger charge is -2.24. The number of nitrogens with zero attached hydrogens (tertiary/aromatic N) is 2. The van der Waals surface area contributed by atoms with Gasteiger partial charge < -0.3 is 9.47 Å². The number of aryl methyl sites for hydroxylation is 2. The molecule has 1 unspecified atom stereocenters. The molecular weight excluding hydrogens is 324 g/mol. The number of aromatic nitrogens is 1. The van der Waals surface area contributed by atoms with E-state index in [9.17, 15) is 4.79 Å². The highest BCUT2D eigenvalue weighted by Gasteiger charge is 2.22. The standard InChI is InChI=1S/C14H17BrN2OS/c1-9-5-6-13(19-9)10(2)17(4)14(18)12-7-11(15)8-16(12)3/h5-8,10H,1-4H3. The van der Waals surface area contributed by atoms with Crippen LogP contribution in [0.5, 0.6) is 0 Å². The summed E-state index contributed by atoms with van der Waals surface area (Å²) in [6.45, 7) is 4.14. The second-order valence-corrected chi connectivity index (χ2v) is 6.93. The molecular formula is C14H17BrN2OS. The van der Waals surface area contributed by atoms with E-state index < -0.39 is 0 Å². The summed E-state index contributed by atoms with van der Waals surface area (Å²) in [5.74, 6) is 0.0340. The topological polar surface area (TPSA) is 25.2 Å². The number of amides is 1. The molecule has 0 aliphatic rings. The van der Waals surface area contributed by atoms with E-state index in [1.54, 1.807) is 16.2 Å². The van der Waals surface area contributed by atoms with E-state index >= 15 is 0 Å². The normalized spacial score (nSPS) is 12.5. The lowest BCUT2D eigenvalue weighted by molar-refractivity contribution is 0.0735. The maximum atomic E-state index is 12.5. The predicted molar refractivity (Wildman–Crippen MR) is 82.7 cm³/mol. The summed E-state index contributed by atoms with van der Waals surface area (Å²) in [6, 6.07) is 6.12. The van der Waals surface area contributed by atoms with E-state index in [1.807, 2.05) is 30.9 Å². The third-order valence-corrected chi connectivity index (χ3v) is 4.87. The Bertz CT molecular complexity index is 602. The van der Waals surface area contributed by atoms with E-state index in [0.717, 1.165) is 4.47 Å². The fraction of sp³-hybridized carbons (Fsp3) is 0.357. The molecule has 0 aromatic carbocycles. The van der Waals surface area contributed by atoms with Crippen LogP contribution < -0.4 is 0 Å². The molecule has 0 fully saturated rings.